The Labute approximate surface area is 94.7 Å². The fourth-order valence-corrected chi connectivity index (χ4v) is 1.62. The Kier molecular flexibility index (Phi) is 2.48. The van der Waals surface area contributed by atoms with Crippen molar-refractivity contribution in [1.29, 1.82) is 0 Å². The van der Waals surface area contributed by atoms with Crippen LogP contribution in [-0.2, 0) is 0 Å². The molecule has 0 fully saturated rings. The Morgan fingerprint density at radius 3 is 2.69 bits per heavy atom. The Morgan fingerprint density at radius 2 is 2.12 bits per heavy atom. The van der Waals surface area contributed by atoms with E-state index in [1.807, 2.05) is 26.0 Å². The van der Waals surface area contributed by atoms with Crippen LogP contribution in [-0.4, -0.2) is 14.8 Å². The predicted molar refractivity (Wildman–Crippen MR) is 64.3 cm³/mol. The summed E-state index contributed by atoms with van der Waals surface area (Å²) in [5.41, 5.74) is 1.83. The van der Waals surface area contributed by atoms with E-state index in [1.54, 1.807) is 10.8 Å². The maximum absolute atomic E-state index is 4.31. The van der Waals surface area contributed by atoms with Crippen LogP contribution in [0.3, 0.4) is 0 Å². The van der Waals surface area contributed by atoms with Crippen molar-refractivity contribution in [2.75, 3.05) is 0 Å². The number of aryl methyl sites for hydroxylation is 2. The minimum absolute atomic E-state index is 0.750. The first kappa shape index (κ1) is 10.4. The monoisotopic (exact) mass is 214 g/mol. The van der Waals surface area contributed by atoms with Crippen molar-refractivity contribution < 1.29 is 0 Å². The lowest BCUT2D eigenvalue weighted by atomic mass is 10.1. The number of aromatic nitrogens is 3. The fraction of sp³-hybridized carbons (Fsp3) is 0.167. The van der Waals surface area contributed by atoms with Gasteiger partial charge < -0.3 is 5.32 Å². The highest BCUT2D eigenvalue weighted by Gasteiger charge is 2.11. The molecule has 2 rings (SSSR count). The minimum Gasteiger partial charge on any atom is -0.341 e. The highest BCUT2D eigenvalue weighted by Crippen LogP contribution is 2.16. The molecular weight excluding hydrogens is 200 g/mol. The van der Waals surface area contributed by atoms with Crippen LogP contribution in [0.5, 0.6) is 0 Å². The van der Waals surface area contributed by atoms with E-state index < -0.39 is 0 Å². The summed E-state index contributed by atoms with van der Waals surface area (Å²) in [4.78, 5) is 4.26. The molecule has 0 aliphatic carbocycles. The maximum Gasteiger partial charge on any atom is 0.148 e. The molecule has 4 nitrogen and oxygen atoms in total. The van der Waals surface area contributed by atoms with Crippen molar-refractivity contribution in [2.45, 2.75) is 13.8 Å². The van der Waals surface area contributed by atoms with E-state index in [0.29, 0.717) is 0 Å². The standard InChI is InChI=1S/C12H14N4/c1-5-11-6-8(2)13-12(7-11)16-10(4)14-9(3)15-16/h5-7,13H,1-2H2,3-4H3. The second-order valence-electron chi connectivity index (χ2n) is 3.65. The van der Waals surface area contributed by atoms with Gasteiger partial charge in [-0.3, -0.25) is 0 Å². The molecule has 1 N–H and O–H groups in total. The van der Waals surface area contributed by atoms with Gasteiger partial charge in [0.05, 0.1) is 0 Å². The number of nitrogens with one attached hydrogen (secondary N) is 1. The lowest BCUT2D eigenvalue weighted by Crippen LogP contribution is -2.20. The second-order valence-corrected chi connectivity index (χ2v) is 3.65. The minimum atomic E-state index is 0.750. The summed E-state index contributed by atoms with van der Waals surface area (Å²) in [6.45, 7) is 11.4. The molecule has 0 amide bonds. The van der Waals surface area contributed by atoms with E-state index in [1.165, 1.54) is 0 Å². The number of dihydropyridines is 1. The molecule has 0 spiro atoms. The Hall–Kier alpha value is -2.10. The lowest BCUT2D eigenvalue weighted by Gasteiger charge is -2.16. The van der Waals surface area contributed by atoms with Crippen LogP contribution < -0.4 is 5.32 Å². The smallest absolute Gasteiger partial charge is 0.148 e. The number of hydrogen-bond acceptors (Lipinski definition) is 3. The molecule has 4 heteroatoms. The normalized spacial score (nSPS) is 15.2. The quantitative estimate of drug-likeness (QED) is 0.818. The van der Waals surface area contributed by atoms with Crippen molar-refractivity contribution in [2.24, 2.45) is 0 Å². The molecule has 1 aliphatic rings. The summed E-state index contributed by atoms with van der Waals surface area (Å²) in [7, 11) is 0. The second kappa shape index (κ2) is 3.81. The zero-order valence-corrected chi connectivity index (χ0v) is 9.49. The van der Waals surface area contributed by atoms with Crippen molar-refractivity contribution in [3.8, 4) is 0 Å². The molecule has 82 valence electrons. The molecule has 0 aromatic carbocycles. The van der Waals surface area contributed by atoms with Gasteiger partial charge in [-0.2, -0.15) is 0 Å². The molecule has 16 heavy (non-hydrogen) atoms. The molecule has 0 saturated heterocycles. The SMILES string of the molecule is C=CC1=CC(=C)NC(n2nc(C)nc2C)=C1. The Morgan fingerprint density at radius 1 is 1.38 bits per heavy atom. The molecule has 0 atom stereocenters. The van der Waals surface area contributed by atoms with E-state index in [0.717, 1.165) is 28.7 Å². The van der Waals surface area contributed by atoms with Crippen LogP contribution >= 0.6 is 0 Å². The highest BCUT2D eigenvalue weighted by molar-refractivity contribution is 5.59. The Bertz CT molecular complexity index is 517. The molecule has 0 saturated carbocycles. The average molecular weight is 214 g/mol. The van der Waals surface area contributed by atoms with Crippen LogP contribution in [0.4, 0.5) is 0 Å². The van der Waals surface area contributed by atoms with Gasteiger partial charge >= 0.3 is 0 Å². The Balaban J connectivity index is 2.45. The third-order valence-corrected chi connectivity index (χ3v) is 2.27. The van der Waals surface area contributed by atoms with Gasteiger partial charge in [-0.15, -0.1) is 5.10 Å². The van der Waals surface area contributed by atoms with Crippen molar-refractivity contribution in [3.05, 3.63) is 54.3 Å². The summed E-state index contributed by atoms with van der Waals surface area (Å²) in [6, 6.07) is 0. The average Bonchev–Trinajstić information content (AvgIpc) is 2.57. The van der Waals surface area contributed by atoms with Gasteiger partial charge in [-0.25, -0.2) is 9.67 Å². The van der Waals surface area contributed by atoms with Crippen molar-refractivity contribution >= 4 is 5.82 Å². The molecular formula is C12H14N4. The van der Waals surface area contributed by atoms with Crippen LogP contribution in [0.25, 0.3) is 5.82 Å². The summed E-state index contributed by atoms with van der Waals surface area (Å²) < 4.78 is 1.76. The molecule has 0 bridgehead atoms. The number of hydrogen-bond donors (Lipinski definition) is 1. The van der Waals surface area contributed by atoms with E-state index >= 15 is 0 Å². The van der Waals surface area contributed by atoms with Gasteiger partial charge in [-0.05, 0) is 31.6 Å². The zero-order chi connectivity index (χ0) is 11.7. The van der Waals surface area contributed by atoms with E-state index in [4.69, 9.17) is 0 Å². The highest BCUT2D eigenvalue weighted by atomic mass is 15.4. The number of allylic oxidation sites excluding steroid dienone is 4. The van der Waals surface area contributed by atoms with Gasteiger partial charge in [0.1, 0.15) is 17.5 Å². The van der Waals surface area contributed by atoms with Crippen LogP contribution in [0.2, 0.25) is 0 Å². The molecule has 1 aliphatic heterocycles. The van der Waals surface area contributed by atoms with Crippen LogP contribution in [0.15, 0.2) is 42.7 Å². The largest absolute Gasteiger partial charge is 0.341 e. The third-order valence-electron chi connectivity index (χ3n) is 2.27. The van der Waals surface area contributed by atoms with Crippen molar-refractivity contribution in [1.82, 2.24) is 20.1 Å². The van der Waals surface area contributed by atoms with Gasteiger partial charge in [-0.1, -0.05) is 19.2 Å². The van der Waals surface area contributed by atoms with Gasteiger partial charge in [0.2, 0.25) is 0 Å². The summed E-state index contributed by atoms with van der Waals surface area (Å²) >= 11 is 0. The third kappa shape index (κ3) is 1.82. The molecule has 0 radical (unpaired) electrons. The summed E-state index contributed by atoms with van der Waals surface area (Å²) in [5, 5.41) is 7.46. The van der Waals surface area contributed by atoms with E-state index in [2.05, 4.69) is 28.6 Å². The fourth-order valence-electron chi connectivity index (χ4n) is 1.62. The van der Waals surface area contributed by atoms with Crippen molar-refractivity contribution in [3.63, 3.8) is 0 Å². The first-order valence-electron chi connectivity index (χ1n) is 5.02. The van der Waals surface area contributed by atoms with E-state index in [9.17, 15) is 0 Å². The topological polar surface area (TPSA) is 42.7 Å². The number of rotatable bonds is 2. The van der Waals surface area contributed by atoms with Crippen LogP contribution in [0, 0.1) is 13.8 Å². The molecule has 1 aromatic rings. The first-order valence-corrected chi connectivity index (χ1v) is 5.02. The van der Waals surface area contributed by atoms with E-state index in [-0.39, 0.29) is 0 Å². The lowest BCUT2D eigenvalue weighted by molar-refractivity contribution is 0.798. The van der Waals surface area contributed by atoms with Gasteiger partial charge in [0.15, 0.2) is 0 Å². The molecule has 2 heterocycles. The molecule has 0 unspecified atom stereocenters. The number of nitrogens with zero attached hydrogens (tertiary/aromatic N) is 3. The zero-order valence-electron chi connectivity index (χ0n) is 9.49. The first-order chi connectivity index (χ1) is 7.60. The van der Waals surface area contributed by atoms with Gasteiger partial charge in [0.25, 0.3) is 0 Å². The predicted octanol–water partition coefficient (Wildman–Crippen LogP) is 1.92. The van der Waals surface area contributed by atoms with Crippen LogP contribution in [0.1, 0.15) is 11.6 Å². The summed E-state index contributed by atoms with van der Waals surface area (Å²) in [6.07, 6.45) is 5.67. The summed E-state index contributed by atoms with van der Waals surface area (Å²) in [5.74, 6) is 2.44. The molecule has 1 aromatic heterocycles. The van der Waals surface area contributed by atoms with Gasteiger partial charge in [0, 0.05) is 5.70 Å². The maximum atomic E-state index is 4.31.